The first-order chi connectivity index (χ1) is 14.6. The number of piperazine rings is 1. The fourth-order valence-electron chi connectivity index (χ4n) is 4.38. The number of amides is 3. The first-order valence-electron chi connectivity index (χ1n) is 11.2. The van der Waals surface area contributed by atoms with E-state index in [9.17, 15) is 14.4 Å². The molecule has 0 spiro atoms. The minimum absolute atomic E-state index is 0.0198. The Morgan fingerprint density at radius 1 is 0.767 bits per heavy atom. The lowest BCUT2D eigenvalue weighted by molar-refractivity contribution is -0.142. The van der Waals surface area contributed by atoms with Crippen molar-refractivity contribution in [2.75, 3.05) is 45.8 Å². The molecule has 7 nitrogen and oxygen atoms in total. The molecule has 0 bridgehead atoms. The third kappa shape index (κ3) is 5.39. The van der Waals surface area contributed by atoms with Crippen molar-refractivity contribution in [2.24, 2.45) is 11.8 Å². The molecule has 1 aromatic carbocycles. The van der Waals surface area contributed by atoms with Gasteiger partial charge in [-0.25, -0.2) is 0 Å². The number of likely N-dealkylation sites (tertiary alicyclic amines) is 1. The third-order valence-electron chi connectivity index (χ3n) is 6.47. The van der Waals surface area contributed by atoms with E-state index in [1.165, 1.54) is 0 Å². The average Bonchev–Trinajstić information content (AvgIpc) is 3.64. The van der Waals surface area contributed by atoms with Gasteiger partial charge in [0, 0.05) is 57.6 Å². The SMILES string of the molecule is O=C(CN1CCN(C(=O)C2CCN(C(=O)C3CC3)CC2)CC1)NCc1ccccc1. The zero-order chi connectivity index (χ0) is 20.9. The van der Waals surface area contributed by atoms with Crippen molar-refractivity contribution >= 4 is 17.7 Å². The molecular weight excluding hydrogens is 380 g/mol. The maximum absolute atomic E-state index is 12.9. The Labute approximate surface area is 178 Å². The van der Waals surface area contributed by atoms with Gasteiger partial charge in [0.1, 0.15) is 0 Å². The van der Waals surface area contributed by atoms with Crippen molar-refractivity contribution in [2.45, 2.75) is 32.2 Å². The smallest absolute Gasteiger partial charge is 0.234 e. The van der Waals surface area contributed by atoms with Crippen LogP contribution in [0.1, 0.15) is 31.2 Å². The van der Waals surface area contributed by atoms with Crippen LogP contribution in [0.5, 0.6) is 0 Å². The van der Waals surface area contributed by atoms with Gasteiger partial charge in [0.25, 0.3) is 0 Å². The Morgan fingerprint density at radius 3 is 1.93 bits per heavy atom. The van der Waals surface area contributed by atoms with Crippen LogP contribution in [0.15, 0.2) is 30.3 Å². The van der Waals surface area contributed by atoms with Crippen LogP contribution in [0.4, 0.5) is 0 Å². The van der Waals surface area contributed by atoms with E-state index in [0.29, 0.717) is 45.2 Å². The summed E-state index contributed by atoms with van der Waals surface area (Å²) >= 11 is 0. The van der Waals surface area contributed by atoms with Gasteiger partial charge >= 0.3 is 0 Å². The van der Waals surface area contributed by atoms with E-state index in [-0.39, 0.29) is 23.7 Å². The molecule has 30 heavy (non-hydrogen) atoms. The lowest BCUT2D eigenvalue weighted by atomic mass is 9.94. The summed E-state index contributed by atoms with van der Waals surface area (Å²) in [7, 11) is 0. The van der Waals surface area contributed by atoms with Gasteiger partial charge in [-0.15, -0.1) is 0 Å². The molecule has 2 aliphatic heterocycles. The van der Waals surface area contributed by atoms with Crippen LogP contribution in [0.3, 0.4) is 0 Å². The summed E-state index contributed by atoms with van der Waals surface area (Å²) in [6, 6.07) is 9.89. The highest BCUT2D eigenvalue weighted by Gasteiger charge is 2.37. The van der Waals surface area contributed by atoms with E-state index in [1.807, 2.05) is 40.1 Å². The Balaban J connectivity index is 1.15. The molecule has 2 saturated heterocycles. The zero-order valence-corrected chi connectivity index (χ0v) is 17.6. The first kappa shape index (κ1) is 20.8. The second-order valence-corrected chi connectivity index (χ2v) is 8.74. The number of hydrogen-bond donors (Lipinski definition) is 1. The van der Waals surface area contributed by atoms with Crippen LogP contribution in [0.25, 0.3) is 0 Å². The lowest BCUT2D eigenvalue weighted by Gasteiger charge is -2.38. The van der Waals surface area contributed by atoms with Gasteiger partial charge < -0.3 is 15.1 Å². The Hall–Kier alpha value is -2.41. The number of rotatable bonds is 6. The fraction of sp³-hybridized carbons (Fsp3) is 0.609. The topological polar surface area (TPSA) is 73.0 Å². The van der Waals surface area contributed by atoms with Gasteiger partial charge in [-0.3, -0.25) is 19.3 Å². The zero-order valence-electron chi connectivity index (χ0n) is 17.6. The molecule has 7 heteroatoms. The Morgan fingerprint density at radius 2 is 1.33 bits per heavy atom. The van der Waals surface area contributed by atoms with E-state index in [1.54, 1.807) is 0 Å². The van der Waals surface area contributed by atoms with Crippen molar-refractivity contribution < 1.29 is 14.4 Å². The van der Waals surface area contributed by atoms with Gasteiger partial charge in [0.05, 0.1) is 6.54 Å². The maximum Gasteiger partial charge on any atom is 0.234 e. The molecule has 2 heterocycles. The monoisotopic (exact) mass is 412 g/mol. The number of carbonyl (C=O) groups excluding carboxylic acids is 3. The molecule has 1 N–H and O–H groups in total. The highest BCUT2D eigenvalue weighted by molar-refractivity contribution is 5.82. The summed E-state index contributed by atoms with van der Waals surface area (Å²) in [5.41, 5.74) is 1.09. The highest BCUT2D eigenvalue weighted by Crippen LogP contribution is 2.32. The minimum Gasteiger partial charge on any atom is -0.351 e. The Bertz CT molecular complexity index is 749. The molecule has 3 amide bonds. The molecule has 0 radical (unpaired) electrons. The fourth-order valence-corrected chi connectivity index (χ4v) is 4.38. The largest absolute Gasteiger partial charge is 0.351 e. The molecule has 0 aromatic heterocycles. The molecule has 1 saturated carbocycles. The van der Waals surface area contributed by atoms with E-state index >= 15 is 0 Å². The summed E-state index contributed by atoms with van der Waals surface area (Å²) in [5, 5.41) is 2.96. The molecule has 162 valence electrons. The molecule has 3 fully saturated rings. The molecule has 3 aliphatic rings. The van der Waals surface area contributed by atoms with Crippen molar-refractivity contribution in [3.8, 4) is 0 Å². The van der Waals surface area contributed by atoms with Gasteiger partial charge in [0.2, 0.25) is 17.7 Å². The van der Waals surface area contributed by atoms with Crippen molar-refractivity contribution in [1.82, 2.24) is 20.0 Å². The van der Waals surface area contributed by atoms with E-state index in [4.69, 9.17) is 0 Å². The average molecular weight is 413 g/mol. The predicted molar refractivity (Wildman–Crippen MR) is 113 cm³/mol. The number of nitrogens with zero attached hydrogens (tertiary/aromatic N) is 3. The van der Waals surface area contributed by atoms with E-state index in [2.05, 4.69) is 10.2 Å². The standard InChI is InChI=1S/C23H32N4O3/c28-21(24-16-18-4-2-1-3-5-18)17-25-12-14-27(15-13-25)23(30)20-8-10-26(11-9-20)22(29)19-6-7-19/h1-5,19-20H,6-17H2,(H,24,28). The molecule has 0 atom stereocenters. The van der Waals surface area contributed by atoms with E-state index < -0.39 is 0 Å². The number of benzene rings is 1. The summed E-state index contributed by atoms with van der Waals surface area (Å²) in [6.07, 6.45) is 3.62. The molecule has 1 aromatic rings. The van der Waals surface area contributed by atoms with Crippen LogP contribution in [0, 0.1) is 11.8 Å². The normalized spacial score (nSPS) is 20.8. The number of carbonyl (C=O) groups is 3. The molecule has 1 aliphatic carbocycles. The highest BCUT2D eigenvalue weighted by atomic mass is 16.2. The second-order valence-electron chi connectivity index (χ2n) is 8.74. The molecular formula is C23H32N4O3. The lowest BCUT2D eigenvalue weighted by Crippen LogP contribution is -2.53. The van der Waals surface area contributed by atoms with Crippen LogP contribution >= 0.6 is 0 Å². The van der Waals surface area contributed by atoms with Crippen molar-refractivity contribution in [1.29, 1.82) is 0 Å². The molecule has 0 unspecified atom stereocenters. The van der Waals surface area contributed by atoms with Crippen LogP contribution in [-0.4, -0.2) is 78.2 Å². The predicted octanol–water partition coefficient (Wildman–Crippen LogP) is 1.10. The number of hydrogen-bond acceptors (Lipinski definition) is 4. The maximum atomic E-state index is 12.9. The minimum atomic E-state index is 0.0198. The third-order valence-corrected chi connectivity index (χ3v) is 6.47. The van der Waals surface area contributed by atoms with Crippen LogP contribution in [-0.2, 0) is 20.9 Å². The van der Waals surface area contributed by atoms with Crippen molar-refractivity contribution in [3.05, 3.63) is 35.9 Å². The first-order valence-corrected chi connectivity index (χ1v) is 11.2. The van der Waals surface area contributed by atoms with Gasteiger partial charge in [-0.1, -0.05) is 30.3 Å². The van der Waals surface area contributed by atoms with Crippen LogP contribution < -0.4 is 5.32 Å². The van der Waals surface area contributed by atoms with Gasteiger partial charge in [0.15, 0.2) is 0 Å². The molecule has 4 rings (SSSR count). The quantitative estimate of drug-likeness (QED) is 0.759. The van der Waals surface area contributed by atoms with Crippen LogP contribution in [0.2, 0.25) is 0 Å². The summed E-state index contributed by atoms with van der Waals surface area (Å²) < 4.78 is 0. The number of piperidine rings is 1. The Kier molecular flexibility index (Phi) is 6.67. The van der Waals surface area contributed by atoms with Crippen molar-refractivity contribution in [3.63, 3.8) is 0 Å². The summed E-state index contributed by atoms with van der Waals surface area (Å²) in [6.45, 7) is 5.14. The number of nitrogens with one attached hydrogen (secondary N) is 1. The van der Waals surface area contributed by atoms with E-state index in [0.717, 1.165) is 44.3 Å². The van der Waals surface area contributed by atoms with Gasteiger partial charge in [-0.2, -0.15) is 0 Å². The second kappa shape index (κ2) is 9.60. The summed E-state index contributed by atoms with van der Waals surface area (Å²) in [4.78, 5) is 43.3. The summed E-state index contributed by atoms with van der Waals surface area (Å²) in [5.74, 6) is 0.831. The van der Waals surface area contributed by atoms with Gasteiger partial charge in [-0.05, 0) is 31.2 Å².